The fourth-order valence-corrected chi connectivity index (χ4v) is 0.868. The van der Waals surface area contributed by atoms with Crippen molar-refractivity contribution in [3.05, 3.63) is 35.9 Å². The summed E-state index contributed by atoms with van der Waals surface area (Å²) < 4.78 is 0. The van der Waals surface area contributed by atoms with Gasteiger partial charge in [0.2, 0.25) is 0 Å². The first-order valence-corrected chi connectivity index (χ1v) is 4.79. The molecule has 0 aromatic heterocycles. The van der Waals surface area contributed by atoms with E-state index in [4.69, 9.17) is 5.73 Å². The Bertz CT molecular complexity index is 231. The molecule has 0 amide bonds. The van der Waals surface area contributed by atoms with Gasteiger partial charge in [0.1, 0.15) is 0 Å². The Morgan fingerprint density at radius 1 is 1.00 bits per heavy atom. The predicted molar refractivity (Wildman–Crippen MR) is 63.3 cm³/mol. The highest BCUT2D eigenvalue weighted by Gasteiger charge is 2.11. The zero-order valence-electron chi connectivity index (χ0n) is 9.91. The fraction of sp³-hybridized carbons (Fsp3) is 0.500. The lowest BCUT2D eigenvalue weighted by molar-refractivity contribution is 0.505. The first-order valence-electron chi connectivity index (χ1n) is 4.79. The SMILES string of the molecule is CC(C)(N)c1ccccc1.CN(C)C. The second kappa shape index (κ2) is 5.78. The molecule has 0 aliphatic heterocycles. The van der Waals surface area contributed by atoms with Gasteiger partial charge in [0.15, 0.2) is 0 Å². The highest BCUT2D eigenvalue weighted by atomic mass is 15.0. The van der Waals surface area contributed by atoms with Crippen LogP contribution >= 0.6 is 0 Å². The van der Waals surface area contributed by atoms with E-state index in [-0.39, 0.29) is 5.54 Å². The van der Waals surface area contributed by atoms with Gasteiger partial charge in [-0.1, -0.05) is 30.3 Å². The quantitative estimate of drug-likeness (QED) is 0.741. The smallest absolute Gasteiger partial charge is 0.0352 e. The molecule has 0 unspecified atom stereocenters. The number of nitrogens with zero attached hydrogens (tertiary/aromatic N) is 1. The van der Waals surface area contributed by atoms with E-state index < -0.39 is 0 Å². The summed E-state index contributed by atoms with van der Waals surface area (Å²) in [7, 11) is 6.00. The van der Waals surface area contributed by atoms with Crippen molar-refractivity contribution in [2.75, 3.05) is 21.1 Å². The summed E-state index contributed by atoms with van der Waals surface area (Å²) in [6, 6.07) is 10.1. The van der Waals surface area contributed by atoms with Gasteiger partial charge in [0.25, 0.3) is 0 Å². The molecule has 0 fully saturated rings. The summed E-state index contributed by atoms with van der Waals surface area (Å²) in [5.41, 5.74) is 6.83. The lowest BCUT2D eigenvalue weighted by Crippen LogP contribution is -2.28. The lowest BCUT2D eigenvalue weighted by atomic mass is 9.96. The minimum atomic E-state index is -0.207. The summed E-state index contributed by atoms with van der Waals surface area (Å²) >= 11 is 0. The van der Waals surface area contributed by atoms with E-state index in [0.717, 1.165) is 0 Å². The third-order valence-electron chi connectivity index (χ3n) is 1.52. The van der Waals surface area contributed by atoms with Gasteiger partial charge < -0.3 is 10.6 Å². The third-order valence-corrected chi connectivity index (χ3v) is 1.52. The van der Waals surface area contributed by atoms with E-state index in [0.29, 0.717) is 0 Å². The van der Waals surface area contributed by atoms with E-state index in [1.54, 1.807) is 0 Å². The standard InChI is InChI=1S/C9H13N.C3H9N/c1-9(2,10)8-6-4-3-5-7-8;1-4(2)3/h3-7H,10H2,1-2H3;1-3H3. The minimum Gasteiger partial charge on any atom is -0.322 e. The topological polar surface area (TPSA) is 29.3 Å². The molecule has 2 heteroatoms. The van der Waals surface area contributed by atoms with Crippen molar-refractivity contribution in [2.45, 2.75) is 19.4 Å². The molecule has 1 aromatic carbocycles. The minimum absolute atomic E-state index is 0.207. The Kier molecular flexibility index (Phi) is 5.43. The van der Waals surface area contributed by atoms with Crippen LogP contribution in [0, 0.1) is 0 Å². The first kappa shape index (κ1) is 13.1. The van der Waals surface area contributed by atoms with Crippen molar-refractivity contribution in [2.24, 2.45) is 5.73 Å². The normalized spacial score (nSPS) is 10.8. The molecule has 1 aromatic rings. The third kappa shape index (κ3) is 6.63. The number of hydrogen-bond donors (Lipinski definition) is 1. The van der Waals surface area contributed by atoms with Crippen LogP contribution in [0.3, 0.4) is 0 Å². The van der Waals surface area contributed by atoms with E-state index >= 15 is 0 Å². The molecular weight excluding hydrogens is 172 g/mol. The molecule has 2 nitrogen and oxygen atoms in total. The molecule has 0 spiro atoms. The van der Waals surface area contributed by atoms with Crippen molar-refractivity contribution in [3.8, 4) is 0 Å². The second-order valence-electron chi connectivity index (χ2n) is 4.43. The maximum absolute atomic E-state index is 5.86. The molecule has 0 aliphatic rings. The fourth-order valence-electron chi connectivity index (χ4n) is 0.868. The maximum atomic E-state index is 5.86. The van der Waals surface area contributed by atoms with Crippen molar-refractivity contribution in [3.63, 3.8) is 0 Å². The molecule has 0 aliphatic carbocycles. The average molecular weight is 194 g/mol. The van der Waals surface area contributed by atoms with Gasteiger partial charge in [-0.15, -0.1) is 0 Å². The number of hydrogen-bond acceptors (Lipinski definition) is 2. The Labute approximate surface area is 87.7 Å². The average Bonchev–Trinajstić information content (AvgIpc) is 2.03. The molecule has 2 N–H and O–H groups in total. The van der Waals surface area contributed by atoms with Gasteiger partial charge in [0, 0.05) is 5.54 Å². The van der Waals surface area contributed by atoms with Crippen molar-refractivity contribution in [1.29, 1.82) is 0 Å². The van der Waals surface area contributed by atoms with E-state index in [1.165, 1.54) is 5.56 Å². The van der Waals surface area contributed by atoms with Crippen LogP contribution < -0.4 is 5.73 Å². The van der Waals surface area contributed by atoms with Crippen LogP contribution in [0.15, 0.2) is 30.3 Å². The van der Waals surface area contributed by atoms with Crippen LogP contribution in [0.1, 0.15) is 19.4 Å². The Balaban J connectivity index is 0.000000364. The molecule has 0 saturated carbocycles. The molecule has 0 saturated heterocycles. The maximum Gasteiger partial charge on any atom is 0.0352 e. The van der Waals surface area contributed by atoms with Gasteiger partial charge >= 0.3 is 0 Å². The largest absolute Gasteiger partial charge is 0.322 e. The van der Waals surface area contributed by atoms with Gasteiger partial charge in [0.05, 0.1) is 0 Å². The number of nitrogens with two attached hydrogens (primary N) is 1. The molecule has 0 heterocycles. The molecule has 14 heavy (non-hydrogen) atoms. The van der Waals surface area contributed by atoms with Gasteiger partial charge in [-0.25, -0.2) is 0 Å². The van der Waals surface area contributed by atoms with E-state index in [1.807, 2.05) is 70.2 Å². The molecule has 1 rings (SSSR count). The van der Waals surface area contributed by atoms with Crippen molar-refractivity contribution >= 4 is 0 Å². The second-order valence-corrected chi connectivity index (χ2v) is 4.43. The molecular formula is C12H22N2. The summed E-state index contributed by atoms with van der Waals surface area (Å²) in [4.78, 5) is 2.00. The molecule has 80 valence electrons. The van der Waals surface area contributed by atoms with Gasteiger partial charge in [-0.3, -0.25) is 0 Å². The summed E-state index contributed by atoms with van der Waals surface area (Å²) in [5, 5.41) is 0. The van der Waals surface area contributed by atoms with E-state index in [2.05, 4.69) is 0 Å². The van der Waals surface area contributed by atoms with E-state index in [9.17, 15) is 0 Å². The van der Waals surface area contributed by atoms with Gasteiger partial charge in [-0.05, 0) is 40.6 Å². The predicted octanol–water partition coefficient (Wildman–Crippen LogP) is 2.06. The van der Waals surface area contributed by atoms with Crippen LogP contribution in [-0.2, 0) is 5.54 Å². The van der Waals surface area contributed by atoms with Crippen molar-refractivity contribution < 1.29 is 0 Å². The van der Waals surface area contributed by atoms with Crippen LogP contribution in [0.2, 0.25) is 0 Å². The summed E-state index contributed by atoms with van der Waals surface area (Å²) in [6.45, 7) is 4.00. The first-order chi connectivity index (χ1) is 6.34. The highest BCUT2D eigenvalue weighted by molar-refractivity contribution is 5.21. The Morgan fingerprint density at radius 2 is 1.36 bits per heavy atom. The molecule has 0 atom stereocenters. The monoisotopic (exact) mass is 194 g/mol. The lowest BCUT2D eigenvalue weighted by Gasteiger charge is -2.18. The van der Waals surface area contributed by atoms with Gasteiger partial charge in [-0.2, -0.15) is 0 Å². The number of rotatable bonds is 1. The van der Waals surface area contributed by atoms with Crippen LogP contribution in [0.4, 0.5) is 0 Å². The van der Waals surface area contributed by atoms with Crippen molar-refractivity contribution in [1.82, 2.24) is 4.90 Å². The van der Waals surface area contributed by atoms with Crippen LogP contribution in [-0.4, -0.2) is 26.0 Å². The Hall–Kier alpha value is -0.860. The number of benzene rings is 1. The van der Waals surface area contributed by atoms with Crippen LogP contribution in [0.5, 0.6) is 0 Å². The molecule has 0 radical (unpaired) electrons. The zero-order valence-corrected chi connectivity index (χ0v) is 9.91. The molecule has 0 bridgehead atoms. The Morgan fingerprint density at radius 3 is 1.57 bits per heavy atom. The van der Waals surface area contributed by atoms with Crippen LogP contribution in [0.25, 0.3) is 0 Å². The summed E-state index contributed by atoms with van der Waals surface area (Å²) in [5.74, 6) is 0. The highest BCUT2D eigenvalue weighted by Crippen LogP contribution is 2.14. The zero-order chi connectivity index (χ0) is 11.2. The summed E-state index contributed by atoms with van der Waals surface area (Å²) in [6.07, 6.45) is 0.